The van der Waals surface area contributed by atoms with Crippen molar-refractivity contribution in [1.29, 1.82) is 5.41 Å². The quantitative estimate of drug-likeness (QED) is 0.101. The van der Waals surface area contributed by atoms with Gasteiger partial charge in [-0.15, -0.1) is 5.10 Å². The molecule has 4 aromatic rings. The second-order valence-electron chi connectivity index (χ2n) is 9.26. The fraction of sp³-hybridized carbons (Fsp3) is 0.222. The molecule has 0 amide bonds. The third-order valence-corrected chi connectivity index (χ3v) is 6.33. The van der Waals surface area contributed by atoms with Crippen molar-refractivity contribution in [3.8, 4) is 17.3 Å². The Morgan fingerprint density at radius 2 is 1.95 bits per heavy atom. The molecule has 2 aromatic heterocycles. The number of aromatic nitrogens is 4. The lowest BCUT2D eigenvalue weighted by Gasteiger charge is -2.25. The van der Waals surface area contributed by atoms with Crippen molar-refractivity contribution >= 4 is 23.2 Å². The lowest BCUT2D eigenvalue weighted by molar-refractivity contribution is -0.192. The summed E-state index contributed by atoms with van der Waals surface area (Å²) in [5.41, 5.74) is 13.0. The van der Waals surface area contributed by atoms with Crippen LogP contribution in [0.5, 0.6) is 11.5 Å². The molecule has 1 aliphatic heterocycles. The van der Waals surface area contributed by atoms with E-state index in [1.807, 2.05) is 0 Å². The number of amidine groups is 1. The van der Waals surface area contributed by atoms with Crippen LogP contribution in [0.4, 0.5) is 28.9 Å². The van der Waals surface area contributed by atoms with E-state index in [0.717, 1.165) is 4.68 Å². The smallest absolute Gasteiger partial charge is 0.490 e. The first-order valence-corrected chi connectivity index (χ1v) is 12.7. The molecular weight excluding hydrogens is 592 g/mol. The number of anilines is 2. The van der Waals surface area contributed by atoms with E-state index >= 15 is 4.39 Å². The number of rotatable bonds is 7. The Morgan fingerprint density at radius 1 is 1.27 bits per heavy atom. The summed E-state index contributed by atoms with van der Waals surface area (Å²) in [6.07, 6.45) is -2.46. The Morgan fingerprint density at radius 3 is 2.55 bits per heavy atom. The van der Waals surface area contributed by atoms with E-state index in [1.165, 1.54) is 19.4 Å². The number of halogens is 4. The molecule has 0 fully saturated rings. The molecule has 2 aromatic carbocycles. The predicted octanol–water partition coefficient (Wildman–Crippen LogP) is 3.13. The number of aromatic amines is 1. The summed E-state index contributed by atoms with van der Waals surface area (Å²) in [5, 5.41) is 22.4. The van der Waals surface area contributed by atoms with Crippen molar-refractivity contribution in [2.24, 2.45) is 5.73 Å². The maximum atomic E-state index is 16.0. The maximum absolute atomic E-state index is 16.0. The number of fused-ring (bicyclic) bond motifs is 1. The zero-order valence-corrected chi connectivity index (χ0v) is 22.9. The molecule has 232 valence electrons. The fourth-order valence-corrected chi connectivity index (χ4v) is 4.27. The summed E-state index contributed by atoms with van der Waals surface area (Å²) in [6, 6.07) is 10.6. The number of carbonyl (C=O) groups is 1. The number of benzene rings is 2. The normalized spacial score (nSPS) is 13.0. The zero-order valence-electron chi connectivity index (χ0n) is 22.9. The molecule has 17 heteroatoms. The van der Waals surface area contributed by atoms with Gasteiger partial charge in [0.15, 0.2) is 23.1 Å². The van der Waals surface area contributed by atoms with Gasteiger partial charge in [0.1, 0.15) is 17.7 Å². The highest BCUT2D eigenvalue weighted by atomic mass is 19.4. The van der Waals surface area contributed by atoms with Gasteiger partial charge in [0, 0.05) is 28.6 Å². The van der Waals surface area contributed by atoms with E-state index in [-0.39, 0.29) is 28.7 Å². The van der Waals surface area contributed by atoms with Gasteiger partial charge in [-0.1, -0.05) is 0 Å². The van der Waals surface area contributed by atoms with Crippen LogP contribution in [0, 0.1) is 11.2 Å². The van der Waals surface area contributed by atoms with Crippen molar-refractivity contribution in [2.45, 2.75) is 25.1 Å². The first kappa shape index (κ1) is 31.3. The molecule has 0 bridgehead atoms. The van der Waals surface area contributed by atoms with E-state index in [0.29, 0.717) is 47.8 Å². The molecule has 3 heterocycles. The summed E-state index contributed by atoms with van der Waals surface area (Å²) < 4.78 is 60.0. The summed E-state index contributed by atoms with van der Waals surface area (Å²) in [4.78, 5) is 28.7. The van der Waals surface area contributed by atoms with Gasteiger partial charge in [0.2, 0.25) is 0 Å². The summed E-state index contributed by atoms with van der Waals surface area (Å²) in [5.74, 6) is -2.29. The molecule has 5 rings (SSSR count). The minimum absolute atomic E-state index is 0.0791. The molecule has 13 nitrogen and oxygen atoms in total. The number of H-pyrrole nitrogens is 1. The third-order valence-electron chi connectivity index (χ3n) is 6.33. The van der Waals surface area contributed by atoms with Gasteiger partial charge in [0.25, 0.3) is 0 Å². The van der Waals surface area contributed by atoms with Crippen LogP contribution in [0.3, 0.4) is 0 Å². The van der Waals surface area contributed by atoms with Crippen LogP contribution in [0.2, 0.25) is 0 Å². The van der Waals surface area contributed by atoms with Crippen LogP contribution in [-0.4, -0.2) is 56.6 Å². The molecule has 1 aliphatic rings. The van der Waals surface area contributed by atoms with Crippen molar-refractivity contribution in [3.05, 3.63) is 87.5 Å². The molecule has 0 saturated heterocycles. The van der Waals surface area contributed by atoms with E-state index in [4.69, 9.17) is 36.3 Å². The van der Waals surface area contributed by atoms with Crippen LogP contribution in [0.25, 0.3) is 5.82 Å². The number of nitrogens with zero attached hydrogens (tertiary/aromatic N) is 3. The molecule has 1 unspecified atom stereocenters. The molecule has 1 atom stereocenters. The number of nitrogens with two attached hydrogens (primary N) is 2. The largest absolute Gasteiger partial charge is 0.493 e. The monoisotopic (exact) mass is 618 g/mol. The number of nitrogens with one attached hydrogen (secondary N) is 3. The Hall–Kier alpha value is -5.61. The lowest BCUT2D eigenvalue weighted by Crippen LogP contribution is -2.21. The number of carboxylic acids is 1. The van der Waals surface area contributed by atoms with Gasteiger partial charge in [0.05, 0.1) is 19.4 Å². The zero-order chi connectivity index (χ0) is 32.2. The number of methoxy groups -OCH3 is 1. The number of hydrogen-bond donors (Lipinski definition) is 6. The van der Waals surface area contributed by atoms with Gasteiger partial charge in [-0.05, 0) is 55.3 Å². The number of pyridine rings is 1. The Labute approximate surface area is 245 Å². The van der Waals surface area contributed by atoms with E-state index < -0.39 is 29.7 Å². The summed E-state index contributed by atoms with van der Waals surface area (Å²) in [7, 11) is 1.48. The van der Waals surface area contributed by atoms with Crippen LogP contribution in [0.15, 0.2) is 53.5 Å². The second-order valence-corrected chi connectivity index (χ2v) is 9.26. The minimum Gasteiger partial charge on any atom is -0.493 e. The van der Waals surface area contributed by atoms with Gasteiger partial charge in [-0.25, -0.2) is 19.0 Å². The van der Waals surface area contributed by atoms with Crippen LogP contribution in [0.1, 0.15) is 35.0 Å². The average molecular weight is 619 g/mol. The van der Waals surface area contributed by atoms with Crippen molar-refractivity contribution in [1.82, 2.24) is 19.7 Å². The van der Waals surface area contributed by atoms with E-state index in [9.17, 15) is 18.0 Å². The first-order valence-electron chi connectivity index (χ1n) is 12.7. The van der Waals surface area contributed by atoms with Gasteiger partial charge >= 0.3 is 17.8 Å². The van der Waals surface area contributed by atoms with Gasteiger partial charge in [-0.2, -0.15) is 17.9 Å². The highest BCUT2D eigenvalue weighted by molar-refractivity contribution is 5.95. The number of ether oxygens (including phenoxy) is 2. The highest BCUT2D eigenvalue weighted by Gasteiger charge is 2.38. The van der Waals surface area contributed by atoms with Crippen molar-refractivity contribution in [2.75, 3.05) is 24.8 Å². The molecule has 0 radical (unpaired) electrons. The SMILES string of the molecule is COc1cc(C(Nc2ccc(C(=N)N)cc2)c2nn(-c3ncccc3N)c(=O)[nH]2)c(F)c2c1OCCC2.O=C(O)C(F)(F)F. The standard InChI is InChI=1S/C25H25FN8O3.C2HF3O2/c1-36-18-12-16(19(26)15-4-3-11-37-21(15)18)20(31-14-8-6-13(7-9-14)22(28)29)23-32-25(35)34(33-23)24-17(27)5-2-10-30-24;3-2(4,5)1(6)7/h2,5-10,12,20,31H,3-4,11,27H2,1H3,(H3,28,29)(H,32,33,35);(H,6,7). The Balaban J connectivity index is 0.000000566. The number of hydrogen-bond acceptors (Lipinski definition) is 9. The molecule has 44 heavy (non-hydrogen) atoms. The Bertz CT molecular complexity index is 1740. The van der Waals surface area contributed by atoms with Gasteiger partial charge in [-0.3, -0.25) is 10.4 Å². The van der Waals surface area contributed by atoms with Crippen LogP contribution >= 0.6 is 0 Å². The second kappa shape index (κ2) is 12.7. The molecular formula is C27H26F4N8O5. The number of nitrogen functional groups attached to an aromatic ring is 2. The fourth-order valence-electron chi connectivity index (χ4n) is 4.27. The highest BCUT2D eigenvalue weighted by Crippen LogP contribution is 2.41. The number of alkyl halides is 3. The predicted molar refractivity (Wildman–Crippen MR) is 150 cm³/mol. The topological polar surface area (TPSA) is 207 Å². The number of carboxylic acid groups (broad SMARTS) is 1. The lowest BCUT2D eigenvalue weighted by atomic mass is 9.96. The number of aliphatic carboxylic acids is 1. The van der Waals surface area contributed by atoms with Crippen molar-refractivity contribution in [3.63, 3.8) is 0 Å². The molecule has 0 spiro atoms. The van der Waals surface area contributed by atoms with E-state index in [2.05, 4.69) is 20.4 Å². The molecule has 8 N–H and O–H groups in total. The van der Waals surface area contributed by atoms with Gasteiger partial charge < -0.3 is 31.4 Å². The van der Waals surface area contributed by atoms with E-state index in [1.54, 1.807) is 36.4 Å². The maximum Gasteiger partial charge on any atom is 0.490 e. The molecule has 0 saturated carbocycles. The average Bonchev–Trinajstić information content (AvgIpc) is 3.37. The Kier molecular flexibility index (Phi) is 9.06. The first-order chi connectivity index (χ1) is 20.8. The summed E-state index contributed by atoms with van der Waals surface area (Å²) >= 11 is 0. The summed E-state index contributed by atoms with van der Waals surface area (Å²) in [6.45, 7) is 0.468. The van der Waals surface area contributed by atoms with Crippen LogP contribution in [-0.2, 0) is 11.2 Å². The van der Waals surface area contributed by atoms with Crippen LogP contribution < -0.4 is 31.9 Å². The third kappa shape index (κ3) is 6.71. The van der Waals surface area contributed by atoms with Crippen molar-refractivity contribution < 1.29 is 36.9 Å². The minimum atomic E-state index is -5.08. The molecule has 0 aliphatic carbocycles.